The molecule has 1 aliphatic rings. The van der Waals surface area contributed by atoms with Crippen molar-refractivity contribution in [1.82, 2.24) is 9.97 Å². The number of non-ortho nitro benzene ring substituents is 1. The van der Waals surface area contributed by atoms with Crippen LogP contribution in [0.4, 0.5) is 11.5 Å². The third kappa shape index (κ3) is 2.54. The van der Waals surface area contributed by atoms with E-state index in [0.29, 0.717) is 17.2 Å². The van der Waals surface area contributed by atoms with E-state index in [1.165, 1.54) is 31.7 Å². The van der Waals surface area contributed by atoms with Gasteiger partial charge in [-0.15, -0.1) is 0 Å². The molecule has 1 fully saturated rings. The zero-order valence-electron chi connectivity index (χ0n) is 11.1. The summed E-state index contributed by atoms with van der Waals surface area (Å²) in [4.78, 5) is 18.9. The van der Waals surface area contributed by atoms with Gasteiger partial charge in [-0.05, 0) is 18.9 Å². The average Bonchev–Trinajstić information content (AvgIpc) is 2.48. The summed E-state index contributed by atoms with van der Waals surface area (Å²) in [7, 11) is 0. The molecule has 2 aromatic rings. The van der Waals surface area contributed by atoms with Crippen molar-refractivity contribution in [3.8, 4) is 0 Å². The fourth-order valence-electron chi connectivity index (χ4n) is 2.71. The van der Waals surface area contributed by atoms with Gasteiger partial charge in [0.25, 0.3) is 5.69 Å². The van der Waals surface area contributed by atoms with Crippen LogP contribution in [0.5, 0.6) is 0 Å². The minimum absolute atomic E-state index is 0.0685. The number of rotatable bonds is 3. The third-order valence-electron chi connectivity index (χ3n) is 3.78. The largest absolute Gasteiger partial charge is 0.367 e. The lowest BCUT2D eigenvalue weighted by Crippen LogP contribution is -2.23. The van der Waals surface area contributed by atoms with Crippen molar-refractivity contribution in [1.29, 1.82) is 0 Å². The molecule has 0 spiro atoms. The molecule has 1 aromatic heterocycles. The number of benzene rings is 1. The van der Waals surface area contributed by atoms with Gasteiger partial charge in [-0.3, -0.25) is 10.1 Å². The second-order valence-electron chi connectivity index (χ2n) is 5.16. The quantitative estimate of drug-likeness (QED) is 0.685. The highest BCUT2D eigenvalue weighted by molar-refractivity contribution is 5.90. The topological polar surface area (TPSA) is 81.0 Å². The lowest BCUT2D eigenvalue weighted by Gasteiger charge is -2.23. The standard InChI is InChI=1S/C14H16N4O2/c19-18(20)11-6-7-13-12(8-11)14(16-9-15-13)17-10-4-2-1-3-5-10/h6-10H,1-5H2,(H,15,16,17). The second-order valence-corrected chi connectivity index (χ2v) is 5.16. The van der Waals surface area contributed by atoms with E-state index in [9.17, 15) is 10.1 Å². The first-order valence-electron chi connectivity index (χ1n) is 6.90. The Morgan fingerprint density at radius 1 is 1.20 bits per heavy atom. The molecule has 6 nitrogen and oxygen atoms in total. The van der Waals surface area contributed by atoms with Gasteiger partial charge in [0, 0.05) is 23.6 Å². The van der Waals surface area contributed by atoms with E-state index in [0.717, 1.165) is 18.4 Å². The number of hydrogen-bond acceptors (Lipinski definition) is 5. The van der Waals surface area contributed by atoms with Crippen LogP contribution in [0.1, 0.15) is 32.1 Å². The van der Waals surface area contributed by atoms with Crippen molar-refractivity contribution in [3.63, 3.8) is 0 Å². The van der Waals surface area contributed by atoms with Crippen LogP contribution < -0.4 is 5.32 Å². The molecule has 0 aliphatic heterocycles. The zero-order chi connectivity index (χ0) is 13.9. The number of hydrogen-bond donors (Lipinski definition) is 1. The molecular weight excluding hydrogens is 256 g/mol. The lowest BCUT2D eigenvalue weighted by atomic mass is 9.95. The zero-order valence-corrected chi connectivity index (χ0v) is 11.1. The third-order valence-corrected chi connectivity index (χ3v) is 3.78. The summed E-state index contributed by atoms with van der Waals surface area (Å²) in [6.07, 6.45) is 7.48. The van der Waals surface area contributed by atoms with Crippen molar-refractivity contribution in [2.75, 3.05) is 5.32 Å². The van der Waals surface area contributed by atoms with Crippen LogP contribution >= 0.6 is 0 Å². The van der Waals surface area contributed by atoms with Gasteiger partial charge in [0.2, 0.25) is 0 Å². The van der Waals surface area contributed by atoms with Gasteiger partial charge in [-0.2, -0.15) is 0 Å². The van der Waals surface area contributed by atoms with Crippen LogP contribution in [0.2, 0.25) is 0 Å². The Morgan fingerprint density at radius 2 is 2.00 bits per heavy atom. The molecule has 6 heteroatoms. The Kier molecular flexibility index (Phi) is 3.45. The Bertz CT molecular complexity index is 638. The Balaban J connectivity index is 1.96. The smallest absolute Gasteiger partial charge is 0.270 e. The van der Waals surface area contributed by atoms with Crippen molar-refractivity contribution in [2.24, 2.45) is 0 Å². The van der Waals surface area contributed by atoms with E-state index in [4.69, 9.17) is 0 Å². The molecule has 0 bridgehead atoms. The molecule has 0 atom stereocenters. The first kappa shape index (κ1) is 12.8. The van der Waals surface area contributed by atoms with Crippen molar-refractivity contribution in [2.45, 2.75) is 38.1 Å². The number of anilines is 1. The summed E-state index contributed by atoms with van der Waals surface area (Å²) in [5, 5.41) is 15.0. The van der Waals surface area contributed by atoms with Gasteiger partial charge in [0.05, 0.1) is 10.4 Å². The highest BCUT2D eigenvalue weighted by Crippen LogP contribution is 2.27. The van der Waals surface area contributed by atoms with Crippen LogP contribution in [0, 0.1) is 10.1 Å². The van der Waals surface area contributed by atoms with Crippen LogP contribution in [0.25, 0.3) is 10.9 Å². The van der Waals surface area contributed by atoms with Crippen molar-refractivity contribution >= 4 is 22.4 Å². The first-order chi connectivity index (χ1) is 9.74. The van der Waals surface area contributed by atoms with Crippen LogP contribution in [-0.2, 0) is 0 Å². The monoisotopic (exact) mass is 272 g/mol. The molecule has 104 valence electrons. The van der Waals surface area contributed by atoms with Gasteiger partial charge in [-0.1, -0.05) is 19.3 Å². The number of nitrogens with zero attached hydrogens (tertiary/aromatic N) is 3. The maximum Gasteiger partial charge on any atom is 0.270 e. The van der Waals surface area contributed by atoms with E-state index in [2.05, 4.69) is 15.3 Å². The molecule has 0 radical (unpaired) electrons. The molecule has 1 heterocycles. The van der Waals surface area contributed by atoms with Crippen LogP contribution in [0.15, 0.2) is 24.5 Å². The van der Waals surface area contributed by atoms with E-state index in [-0.39, 0.29) is 5.69 Å². The van der Waals surface area contributed by atoms with E-state index in [1.807, 2.05) is 0 Å². The SMILES string of the molecule is O=[N+]([O-])c1ccc2ncnc(NC3CCCCC3)c2c1. The van der Waals surface area contributed by atoms with E-state index >= 15 is 0 Å². The summed E-state index contributed by atoms with van der Waals surface area (Å²) < 4.78 is 0. The first-order valence-corrected chi connectivity index (χ1v) is 6.90. The molecule has 20 heavy (non-hydrogen) atoms. The summed E-state index contributed by atoms with van der Waals surface area (Å²) in [5.41, 5.74) is 0.794. The number of nitro groups is 1. The predicted octanol–water partition coefficient (Wildman–Crippen LogP) is 3.28. The number of nitro benzene ring substituents is 1. The molecule has 1 aliphatic carbocycles. The fraction of sp³-hybridized carbons (Fsp3) is 0.429. The van der Waals surface area contributed by atoms with Gasteiger partial charge in [0.15, 0.2) is 0 Å². The van der Waals surface area contributed by atoms with E-state index in [1.54, 1.807) is 12.1 Å². The molecule has 0 saturated heterocycles. The highest BCUT2D eigenvalue weighted by atomic mass is 16.6. The number of nitrogens with one attached hydrogen (secondary N) is 1. The molecule has 3 rings (SSSR count). The Morgan fingerprint density at radius 3 is 2.75 bits per heavy atom. The molecular formula is C14H16N4O2. The van der Waals surface area contributed by atoms with Gasteiger partial charge in [0.1, 0.15) is 12.1 Å². The number of aromatic nitrogens is 2. The molecule has 1 saturated carbocycles. The summed E-state index contributed by atoms with van der Waals surface area (Å²) in [5.74, 6) is 0.700. The maximum atomic E-state index is 10.9. The lowest BCUT2D eigenvalue weighted by molar-refractivity contribution is -0.384. The summed E-state index contributed by atoms with van der Waals surface area (Å²) in [6.45, 7) is 0. The summed E-state index contributed by atoms with van der Waals surface area (Å²) >= 11 is 0. The Labute approximate surface area is 116 Å². The molecule has 0 unspecified atom stereocenters. The highest BCUT2D eigenvalue weighted by Gasteiger charge is 2.16. The minimum Gasteiger partial charge on any atom is -0.367 e. The van der Waals surface area contributed by atoms with Gasteiger partial charge >= 0.3 is 0 Å². The maximum absolute atomic E-state index is 10.9. The van der Waals surface area contributed by atoms with E-state index < -0.39 is 4.92 Å². The number of fused-ring (bicyclic) bond motifs is 1. The van der Waals surface area contributed by atoms with Gasteiger partial charge < -0.3 is 5.32 Å². The normalized spacial score (nSPS) is 16.2. The average molecular weight is 272 g/mol. The molecule has 1 aromatic carbocycles. The van der Waals surface area contributed by atoms with Crippen LogP contribution in [-0.4, -0.2) is 20.9 Å². The van der Waals surface area contributed by atoms with Crippen LogP contribution in [0.3, 0.4) is 0 Å². The van der Waals surface area contributed by atoms with Crippen molar-refractivity contribution < 1.29 is 4.92 Å². The molecule has 0 amide bonds. The predicted molar refractivity (Wildman–Crippen MR) is 76.7 cm³/mol. The Hall–Kier alpha value is -2.24. The van der Waals surface area contributed by atoms with Crippen molar-refractivity contribution in [3.05, 3.63) is 34.6 Å². The second kappa shape index (κ2) is 5.40. The minimum atomic E-state index is -0.392. The fourth-order valence-corrected chi connectivity index (χ4v) is 2.71. The molecule has 1 N–H and O–H groups in total. The summed E-state index contributed by atoms with van der Waals surface area (Å²) in [6, 6.07) is 5.09. The van der Waals surface area contributed by atoms with Gasteiger partial charge in [-0.25, -0.2) is 9.97 Å².